The molecule has 1 aromatic rings. The van der Waals surface area contributed by atoms with Crippen molar-refractivity contribution in [3.05, 3.63) is 24.4 Å². The van der Waals surface area contributed by atoms with Gasteiger partial charge in [-0.05, 0) is 35.8 Å². The number of pyridine rings is 1. The molecule has 1 aromatic heterocycles. The molecule has 1 amide bonds. The highest BCUT2D eigenvalue weighted by atomic mass is 33.1. The van der Waals surface area contributed by atoms with Crippen molar-refractivity contribution in [1.82, 2.24) is 10.3 Å². The van der Waals surface area contributed by atoms with Crippen molar-refractivity contribution in [2.75, 3.05) is 5.75 Å². The van der Waals surface area contributed by atoms with Crippen LogP contribution in [0.1, 0.15) is 33.1 Å². The van der Waals surface area contributed by atoms with Crippen LogP contribution in [-0.2, 0) is 4.79 Å². The van der Waals surface area contributed by atoms with Crippen LogP contribution in [0.25, 0.3) is 0 Å². The summed E-state index contributed by atoms with van der Waals surface area (Å²) in [6.07, 6.45) is 4.35. The number of aromatic nitrogens is 1. The fourth-order valence-electron chi connectivity index (χ4n) is 1.43. The Morgan fingerprint density at radius 1 is 1.39 bits per heavy atom. The molecule has 0 aliphatic heterocycles. The highest BCUT2D eigenvalue weighted by Gasteiger charge is 2.07. The van der Waals surface area contributed by atoms with Crippen molar-refractivity contribution in [1.29, 1.82) is 0 Å². The zero-order valence-electron chi connectivity index (χ0n) is 10.9. The first-order chi connectivity index (χ1) is 8.76. The van der Waals surface area contributed by atoms with Gasteiger partial charge >= 0.3 is 0 Å². The summed E-state index contributed by atoms with van der Waals surface area (Å²) < 4.78 is 0. The molecule has 0 bridgehead atoms. The van der Waals surface area contributed by atoms with E-state index in [1.54, 1.807) is 27.8 Å². The summed E-state index contributed by atoms with van der Waals surface area (Å²) in [5, 5.41) is 4.03. The number of carbonyl (C=O) groups is 1. The lowest BCUT2D eigenvalue weighted by Gasteiger charge is -2.14. The molecule has 0 saturated heterocycles. The van der Waals surface area contributed by atoms with E-state index in [0.717, 1.165) is 23.6 Å². The molecule has 3 nitrogen and oxygen atoms in total. The minimum atomic E-state index is 0.151. The Morgan fingerprint density at radius 3 is 2.78 bits per heavy atom. The third-order valence-electron chi connectivity index (χ3n) is 2.55. The Balaban J connectivity index is 2.12. The van der Waals surface area contributed by atoms with Gasteiger partial charge in [0.15, 0.2) is 0 Å². The van der Waals surface area contributed by atoms with Gasteiger partial charge in [0, 0.05) is 24.4 Å². The first-order valence-corrected chi connectivity index (χ1v) is 8.58. The van der Waals surface area contributed by atoms with Crippen LogP contribution in [0.5, 0.6) is 0 Å². The van der Waals surface area contributed by atoms with Crippen LogP contribution in [0.3, 0.4) is 0 Å². The maximum atomic E-state index is 11.6. The van der Waals surface area contributed by atoms with Gasteiger partial charge in [-0.15, -0.1) is 0 Å². The number of hydrogen-bond donors (Lipinski definition) is 1. The van der Waals surface area contributed by atoms with E-state index in [4.69, 9.17) is 0 Å². The van der Waals surface area contributed by atoms with Gasteiger partial charge in [-0.25, -0.2) is 4.98 Å². The van der Waals surface area contributed by atoms with E-state index in [-0.39, 0.29) is 5.91 Å². The van der Waals surface area contributed by atoms with Crippen molar-refractivity contribution < 1.29 is 4.79 Å². The van der Waals surface area contributed by atoms with Crippen LogP contribution in [0, 0.1) is 0 Å². The van der Waals surface area contributed by atoms with Crippen molar-refractivity contribution in [3.63, 3.8) is 0 Å². The first kappa shape index (κ1) is 15.4. The fraction of sp³-hybridized carbons (Fsp3) is 0.538. The van der Waals surface area contributed by atoms with Gasteiger partial charge in [0.2, 0.25) is 5.91 Å². The molecule has 1 rings (SSSR count). The standard InChI is InChI=1S/C13H20N2OS2/c1-3-11(4-2)15-12(16)8-10-17-18-13-7-5-6-9-14-13/h5-7,9,11H,3-4,8,10H2,1-2H3,(H,15,16). The highest BCUT2D eigenvalue weighted by molar-refractivity contribution is 8.76. The molecule has 100 valence electrons. The van der Waals surface area contributed by atoms with E-state index in [1.807, 2.05) is 18.2 Å². The molecular weight excluding hydrogens is 264 g/mol. The second kappa shape index (κ2) is 9.28. The Hall–Kier alpha value is -0.680. The molecule has 0 unspecified atom stereocenters. The average Bonchev–Trinajstić information content (AvgIpc) is 2.42. The Bertz CT molecular complexity index is 342. The molecule has 1 N–H and O–H groups in total. The summed E-state index contributed by atoms with van der Waals surface area (Å²) in [4.78, 5) is 15.8. The molecule has 0 aromatic carbocycles. The minimum Gasteiger partial charge on any atom is -0.353 e. The summed E-state index contributed by atoms with van der Waals surface area (Å²) in [6, 6.07) is 6.17. The van der Waals surface area contributed by atoms with Crippen molar-refractivity contribution >= 4 is 27.5 Å². The van der Waals surface area contributed by atoms with Crippen LogP contribution < -0.4 is 5.32 Å². The van der Waals surface area contributed by atoms with Crippen LogP contribution in [0.15, 0.2) is 29.4 Å². The molecule has 0 radical (unpaired) electrons. The van der Waals surface area contributed by atoms with Crippen LogP contribution in [-0.4, -0.2) is 22.7 Å². The number of nitrogens with zero attached hydrogens (tertiary/aromatic N) is 1. The molecule has 0 aliphatic carbocycles. The van der Waals surface area contributed by atoms with E-state index in [9.17, 15) is 4.79 Å². The van der Waals surface area contributed by atoms with Gasteiger partial charge in [0.25, 0.3) is 0 Å². The molecule has 0 spiro atoms. The number of rotatable bonds is 8. The number of hydrogen-bond acceptors (Lipinski definition) is 4. The monoisotopic (exact) mass is 284 g/mol. The normalized spacial score (nSPS) is 10.6. The maximum Gasteiger partial charge on any atom is 0.221 e. The molecule has 0 saturated carbocycles. The van der Waals surface area contributed by atoms with E-state index in [0.29, 0.717) is 12.5 Å². The Labute approximate surface area is 117 Å². The van der Waals surface area contributed by atoms with Crippen molar-refractivity contribution in [2.45, 2.75) is 44.2 Å². The van der Waals surface area contributed by atoms with Gasteiger partial charge in [-0.1, -0.05) is 30.7 Å². The average molecular weight is 284 g/mol. The van der Waals surface area contributed by atoms with Gasteiger partial charge < -0.3 is 5.32 Å². The number of amides is 1. The van der Waals surface area contributed by atoms with E-state index < -0.39 is 0 Å². The quantitative estimate of drug-likeness (QED) is 0.586. The lowest BCUT2D eigenvalue weighted by atomic mass is 10.2. The Kier molecular flexibility index (Phi) is 7.93. The summed E-state index contributed by atoms with van der Waals surface area (Å²) in [5.74, 6) is 0.963. The number of carbonyl (C=O) groups excluding carboxylic acids is 1. The fourth-order valence-corrected chi connectivity index (χ4v) is 3.29. The molecule has 0 aliphatic rings. The largest absolute Gasteiger partial charge is 0.353 e. The van der Waals surface area contributed by atoms with Crippen LogP contribution >= 0.6 is 21.6 Å². The van der Waals surface area contributed by atoms with E-state index in [1.165, 1.54) is 0 Å². The summed E-state index contributed by atoms with van der Waals surface area (Å²) in [7, 11) is 3.29. The van der Waals surface area contributed by atoms with Gasteiger partial charge in [-0.3, -0.25) is 4.79 Å². The first-order valence-electron chi connectivity index (χ1n) is 6.26. The van der Waals surface area contributed by atoms with E-state index >= 15 is 0 Å². The lowest BCUT2D eigenvalue weighted by molar-refractivity contribution is -0.121. The third-order valence-corrected chi connectivity index (χ3v) is 4.81. The molecule has 5 heteroatoms. The summed E-state index contributed by atoms with van der Waals surface area (Å²) in [6.45, 7) is 4.19. The second-order valence-corrected chi connectivity index (χ2v) is 6.34. The maximum absolute atomic E-state index is 11.6. The minimum absolute atomic E-state index is 0.151. The molecular formula is C13H20N2OS2. The smallest absolute Gasteiger partial charge is 0.221 e. The van der Waals surface area contributed by atoms with Crippen molar-refractivity contribution in [2.24, 2.45) is 0 Å². The van der Waals surface area contributed by atoms with Gasteiger partial charge in [-0.2, -0.15) is 0 Å². The predicted molar refractivity (Wildman–Crippen MR) is 79.7 cm³/mol. The lowest BCUT2D eigenvalue weighted by Crippen LogP contribution is -2.33. The van der Waals surface area contributed by atoms with Crippen LogP contribution in [0.4, 0.5) is 0 Å². The van der Waals surface area contributed by atoms with Crippen LogP contribution in [0.2, 0.25) is 0 Å². The zero-order valence-corrected chi connectivity index (χ0v) is 12.5. The molecule has 1 heterocycles. The van der Waals surface area contributed by atoms with Gasteiger partial charge in [0.1, 0.15) is 5.03 Å². The van der Waals surface area contributed by atoms with Gasteiger partial charge in [0.05, 0.1) is 0 Å². The highest BCUT2D eigenvalue weighted by Crippen LogP contribution is 2.29. The Morgan fingerprint density at radius 2 is 2.17 bits per heavy atom. The van der Waals surface area contributed by atoms with E-state index in [2.05, 4.69) is 24.1 Å². The molecule has 0 fully saturated rings. The molecule has 18 heavy (non-hydrogen) atoms. The zero-order chi connectivity index (χ0) is 13.2. The number of nitrogens with one attached hydrogen (secondary N) is 1. The van der Waals surface area contributed by atoms with Crippen molar-refractivity contribution in [3.8, 4) is 0 Å². The second-order valence-electron chi connectivity index (χ2n) is 3.90. The predicted octanol–water partition coefficient (Wildman–Crippen LogP) is 3.52. The topological polar surface area (TPSA) is 42.0 Å². The summed E-state index contributed by atoms with van der Waals surface area (Å²) >= 11 is 0. The summed E-state index contributed by atoms with van der Waals surface area (Å²) in [5.41, 5.74) is 0. The SMILES string of the molecule is CCC(CC)NC(=O)CCSSc1ccccn1. The molecule has 0 atom stereocenters. The third kappa shape index (κ3) is 6.31.